The summed E-state index contributed by atoms with van der Waals surface area (Å²) >= 11 is 1.67. The summed E-state index contributed by atoms with van der Waals surface area (Å²) in [5, 5.41) is 3.04. The first kappa shape index (κ1) is 13.4. The molecule has 0 radical (unpaired) electrons. The van der Waals surface area contributed by atoms with Crippen LogP contribution in [-0.2, 0) is 19.4 Å². The third-order valence-electron chi connectivity index (χ3n) is 3.92. The fourth-order valence-corrected chi connectivity index (χ4v) is 3.84. The molecule has 2 aromatic rings. The van der Waals surface area contributed by atoms with E-state index in [1.807, 2.05) is 12.1 Å². The van der Waals surface area contributed by atoms with E-state index in [-0.39, 0.29) is 5.91 Å². The Balaban J connectivity index is 1.67. The maximum Gasteiger partial charge on any atom is 0.261 e. The zero-order chi connectivity index (χ0) is 13.9. The highest BCUT2D eigenvalue weighted by molar-refractivity contribution is 7.14. The van der Waals surface area contributed by atoms with Crippen molar-refractivity contribution in [1.29, 1.82) is 0 Å². The van der Waals surface area contributed by atoms with Crippen molar-refractivity contribution in [3.8, 4) is 0 Å². The summed E-state index contributed by atoms with van der Waals surface area (Å²) in [6, 6.07) is 10.3. The highest BCUT2D eigenvalue weighted by Gasteiger charge is 2.17. The monoisotopic (exact) mass is 285 g/mol. The van der Waals surface area contributed by atoms with E-state index in [2.05, 4.69) is 30.4 Å². The van der Waals surface area contributed by atoms with Gasteiger partial charge >= 0.3 is 0 Å². The first-order valence-electron chi connectivity index (χ1n) is 7.18. The molecule has 3 heteroatoms. The smallest absolute Gasteiger partial charge is 0.261 e. The largest absolute Gasteiger partial charge is 0.347 e. The van der Waals surface area contributed by atoms with E-state index in [0.717, 1.165) is 17.7 Å². The summed E-state index contributed by atoms with van der Waals surface area (Å²) in [6.07, 6.45) is 4.80. The van der Waals surface area contributed by atoms with Crippen LogP contribution in [0.25, 0.3) is 0 Å². The summed E-state index contributed by atoms with van der Waals surface area (Å²) in [5.74, 6) is 0.0626. The molecule has 0 spiro atoms. The molecule has 1 aliphatic rings. The van der Waals surface area contributed by atoms with Gasteiger partial charge in [0.1, 0.15) is 0 Å². The van der Waals surface area contributed by atoms with Crippen molar-refractivity contribution in [2.45, 2.75) is 39.2 Å². The number of thiophene rings is 1. The number of amides is 1. The van der Waals surface area contributed by atoms with Gasteiger partial charge in [-0.3, -0.25) is 4.79 Å². The molecule has 0 saturated carbocycles. The van der Waals surface area contributed by atoms with E-state index in [1.165, 1.54) is 34.4 Å². The molecular weight excluding hydrogens is 266 g/mol. The number of benzene rings is 1. The van der Waals surface area contributed by atoms with Crippen LogP contribution in [0.2, 0.25) is 0 Å². The maximum atomic E-state index is 12.2. The second kappa shape index (κ2) is 5.80. The van der Waals surface area contributed by atoms with Crippen LogP contribution in [0, 0.1) is 6.92 Å². The normalized spacial score (nSPS) is 13.8. The maximum absolute atomic E-state index is 12.2. The zero-order valence-corrected chi connectivity index (χ0v) is 12.6. The van der Waals surface area contributed by atoms with Crippen LogP contribution in [0.5, 0.6) is 0 Å². The Bertz CT molecular complexity index is 606. The predicted molar refractivity (Wildman–Crippen MR) is 83.3 cm³/mol. The minimum Gasteiger partial charge on any atom is -0.347 e. The average molecular weight is 285 g/mol. The standard InChI is InChI=1S/C17H19NOS/c1-12-6-2-3-8-14(12)11-18-17(19)16-10-13-7-4-5-9-15(13)20-16/h2-3,6,8,10H,4-5,7,9,11H2,1H3,(H,18,19). The molecule has 20 heavy (non-hydrogen) atoms. The predicted octanol–water partition coefficient (Wildman–Crippen LogP) is 3.87. The summed E-state index contributed by atoms with van der Waals surface area (Å²) in [5.41, 5.74) is 3.79. The quantitative estimate of drug-likeness (QED) is 0.911. The van der Waals surface area contributed by atoms with Gasteiger partial charge in [0, 0.05) is 11.4 Å². The lowest BCUT2D eigenvalue weighted by molar-refractivity contribution is 0.0955. The van der Waals surface area contributed by atoms with E-state index >= 15 is 0 Å². The minimum absolute atomic E-state index is 0.0626. The molecule has 2 nitrogen and oxygen atoms in total. The molecule has 1 N–H and O–H groups in total. The highest BCUT2D eigenvalue weighted by atomic mass is 32.1. The Morgan fingerprint density at radius 3 is 2.85 bits per heavy atom. The molecule has 1 aromatic heterocycles. The minimum atomic E-state index is 0.0626. The van der Waals surface area contributed by atoms with Crippen molar-refractivity contribution in [3.63, 3.8) is 0 Å². The lowest BCUT2D eigenvalue weighted by Gasteiger charge is -2.08. The molecule has 1 amide bonds. The van der Waals surface area contributed by atoms with Gasteiger partial charge in [0.15, 0.2) is 0 Å². The van der Waals surface area contributed by atoms with E-state index in [9.17, 15) is 4.79 Å². The molecule has 3 rings (SSSR count). The number of carbonyl (C=O) groups is 1. The number of nitrogens with one attached hydrogen (secondary N) is 1. The van der Waals surface area contributed by atoms with Crippen molar-refractivity contribution in [3.05, 3.63) is 56.8 Å². The van der Waals surface area contributed by atoms with Crippen LogP contribution in [0.15, 0.2) is 30.3 Å². The van der Waals surface area contributed by atoms with Crippen molar-refractivity contribution < 1.29 is 4.79 Å². The van der Waals surface area contributed by atoms with Crippen LogP contribution in [-0.4, -0.2) is 5.91 Å². The van der Waals surface area contributed by atoms with Gasteiger partial charge < -0.3 is 5.32 Å². The van der Waals surface area contributed by atoms with Crippen molar-refractivity contribution in [2.75, 3.05) is 0 Å². The van der Waals surface area contributed by atoms with Crippen molar-refractivity contribution in [2.24, 2.45) is 0 Å². The summed E-state index contributed by atoms with van der Waals surface area (Å²) in [7, 11) is 0. The fraction of sp³-hybridized carbons (Fsp3) is 0.353. The molecular formula is C17H19NOS. The molecule has 0 atom stereocenters. The number of aryl methyl sites for hydroxylation is 3. The molecule has 104 valence electrons. The molecule has 1 aliphatic carbocycles. The molecule has 0 aliphatic heterocycles. The van der Waals surface area contributed by atoms with Gasteiger partial charge in [-0.15, -0.1) is 11.3 Å². The molecule has 0 saturated heterocycles. The molecule has 0 fully saturated rings. The van der Waals surface area contributed by atoms with Gasteiger partial charge in [-0.2, -0.15) is 0 Å². The second-order valence-corrected chi connectivity index (χ2v) is 6.51. The first-order chi connectivity index (χ1) is 9.74. The number of rotatable bonds is 3. The number of fused-ring (bicyclic) bond motifs is 1. The Morgan fingerprint density at radius 1 is 1.25 bits per heavy atom. The number of carbonyl (C=O) groups excluding carboxylic acids is 1. The van der Waals surface area contributed by atoms with E-state index in [0.29, 0.717) is 6.54 Å². The topological polar surface area (TPSA) is 29.1 Å². The highest BCUT2D eigenvalue weighted by Crippen LogP contribution is 2.29. The average Bonchev–Trinajstić information content (AvgIpc) is 2.90. The third kappa shape index (κ3) is 2.78. The van der Waals surface area contributed by atoms with E-state index in [1.54, 1.807) is 11.3 Å². The van der Waals surface area contributed by atoms with Gasteiger partial charge in [0.25, 0.3) is 5.91 Å². The Labute approximate surface area is 123 Å². The van der Waals surface area contributed by atoms with Crippen LogP contribution >= 0.6 is 11.3 Å². The lowest BCUT2D eigenvalue weighted by Crippen LogP contribution is -2.22. The lowest BCUT2D eigenvalue weighted by atomic mass is 9.99. The van der Waals surface area contributed by atoms with Crippen molar-refractivity contribution in [1.82, 2.24) is 5.32 Å². The van der Waals surface area contributed by atoms with Gasteiger partial charge in [-0.05, 0) is 55.4 Å². The van der Waals surface area contributed by atoms with Gasteiger partial charge in [0.05, 0.1) is 4.88 Å². The van der Waals surface area contributed by atoms with Crippen LogP contribution in [0.4, 0.5) is 0 Å². The summed E-state index contributed by atoms with van der Waals surface area (Å²) in [4.78, 5) is 14.5. The fourth-order valence-electron chi connectivity index (χ4n) is 2.67. The summed E-state index contributed by atoms with van der Waals surface area (Å²) < 4.78 is 0. The van der Waals surface area contributed by atoms with E-state index < -0.39 is 0 Å². The van der Waals surface area contributed by atoms with Crippen LogP contribution < -0.4 is 5.32 Å². The van der Waals surface area contributed by atoms with Gasteiger partial charge in [-0.1, -0.05) is 24.3 Å². The van der Waals surface area contributed by atoms with Crippen LogP contribution in [0.1, 0.15) is 44.1 Å². The molecule has 0 bridgehead atoms. The zero-order valence-electron chi connectivity index (χ0n) is 11.7. The van der Waals surface area contributed by atoms with Crippen molar-refractivity contribution >= 4 is 17.2 Å². The Morgan fingerprint density at radius 2 is 2.05 bits per heavy atom. The Hall–Kier alpha value is -1.61. The molecule has 1 heterocycles. The SMILES string of the molecule is Cc1ccccc1CNC(=O)c1cc2c(s1)CCCC2. The second-order valence-electron chi connectivity index (χ2n) is 5.38. The van der Waals surface area contributed by atoms with Crippen LogP contribution in [0.3, 0.4) is 0 Å². The number of hydrogen-bond donors (Lipinski definition) is 1. The number of hydrogen-bond acceptors (Lipinski definition) is 2. The first-order valence-corrected chi connectivity index (χ1v) is 8.00. The molecule has 1 aromatic carbocycles. The Kier molecular flexibility index (Phi) is 3.88. The van der Waals surface area contributed by atoms with Gasteiger partial charge in [0.2, 0.25) is 0 Å². The van der Waals surface area contributed by atoms with E-state index in [4.69, 9.17) is 0 Å². The third-order valence-corrected chi connectivity index (χ3v) is 5.16. The molecule has 0 unspecified atom stereocenters. The van der Waals surface area contributed by atoms with Gasteiger partial charge in [-0.25, -0.2) is 0 Å². The summed E-state index contributed by atoms with van der Waals surface area (Å²) in [6.45, 7) is 2.68.